The molecule has 0 saturated heterocycles. The first-order valence-corrected chi connectivity index (χ1v) is 4.97. The van der Waals surface area contributed by atoms with Crippen molar-refractivity contribution in [2.24, 2.45) is 0 Å². The molecule has 0 spiro atoms. The summed E-state index contributed by atoms with van der Waals surface area (Å²) in [5.41, 5.74) is 0.725. The molecular formula is C11H16N2O2. The van der Waals surface area contributed by atoms with Crippen molar-refractivity contribution in [3.8, 4) is 0 Å². The molecule has 1 heterocycles. The number of carbonyl (C=O) groups is 1. The zero-order valence-corrected chi connectivity index (χ0v) is 9.05. The van der Waals surface area contributed by atoms with Crippen molar-refractivity contribution in [2.75, 3.05) is 13.6 Å². The van der Waals surface area contributed by atoms with Gasteiger partial charge in [0.1, 0.15) is 0 Å². The van der Waals surface area contributed by atoms with E-state index < -0.39 is 6.10 Å². The molecule has 4 heteroatoms. The second kappa shape index (κ2) is 5.46. The molecule has 0 aliphatic heterocycles. The van der Waals surface area contributed by atoms with Gasteiger partial charge in [-0.1, -0.05) is 0 Å². The first kappa shape index (κ1) is 11.7. The van der Waals surface area contributed by atoms with Crippen LogP contribution in [0.5, 0.6) is 0 Å². The first-order valence-electron chi connectivity index (χ1n) is 4.97. The number of aromatic nitrogens is 1. The highest BCUT2D eigenvalue weighted by molar-refractivity contribution is 5.76. The lowest BCUT2D eigenvalue weighted by atomic mass is 10.1. The third-order valence-corrected chi connectivity index (χ3v) is 2.36. The number of aliphatic hydroxyl groups is 1. The molecule has 0 aliphatic rings. The van der Waals surface area contributed by atoms with Gasteiger partial charge in [0, 0.05) is 26.0 Å². The fraction of sp³-hybridized carbons (Fsp3) is 0.455. The lowest BCUT2D eigenvalue weighted by molar-refractivity contribution is -0.131. The Morgan fingerprint density at radius 2 is 2.13 bits per heavy atom. The number of amides is 1. The van der Waals surface area contributed by atoms with Crippen molar-refractivity contribution in [2.45, 2.75) is 19.4 Å². The summed E-state index contributed by atoms with van der Waals surface area (Å²) in [6.07, 6.45) is 2.59. The van der Waals surface area contributed by atoms with E-state index in [2.05, 4.69) is 4.98 Å². The number of aliphatic hydroxyl groups excluding tert-OH is 1. The molecule has 0 unspecified atom stereocenters. The van der Waals surface area contributed by atoms with E-state index in [1.807, 2.05) is 6.92 Å². The van der Waals surface area contributed by atoms with Gasteiger partial charge in [-0.05, 0) is 24.6 Å². The molecule has 1 amide bonds. The molecular weight excluding hydrogens is 192 g/mol. The van der Waals surface area contributed by atoms with Crippen LogP contribution in [0.1, 0.15) is 25.0 Å². The zero-order valence-electron chi connectivity index (χ0n) is 9.05. The van der Waals surface area contributed by atoms with Crippen LogP contribution in [-0.2, 0) is 4.79 Å². The summed E-state index contributed by atoms with van der Waals surface area (Å²) in [5, 5.41) is 9.76. The van der Waals surface area contributed by atoms with E-state index >= 15 is 0 Å². The number of nitrogens with zero attached hydrogens (tertiary/aromatic N) is 2. The second-order valence-corrected chi connectivity index (χ2v) is 3.41. The number of rotatable bonds is 4. The van der Waals surface area contributed by atoms with Crippen molar-refractivity contribution < 1.29 is 9.90 Å². The Balaban J connectivity index is 2.56. The SMILES string of the molecule is CCN(C)C(=O)C[C@@H](O)c1ccncc1. The Hall–Kier alpha value is -1.42. The minimum absolute atomic E-state index is 0.0539. The van der Waals surface area contributed by atoms with Crippen molar-refractivity contribution in [3.63, 3.8) is 0 Å². The maximum absolute atomic E-state index is 11.5. The largest absolute Gasteiger partial charge is 0.388 e. The molecule has 1 rings (SSSR count). The van der Waals surface area contributed by atoms with Crippen molar-refractivity contribution in [1.29, 1.82) is 0 Å². The van der Waals surface area contributed by atoms with Crippen LogP contribution in [0.4, 0.5) is 0 Å². The minimum Gasteiger partial charge on any atom is -0.388 e. The van der Waals surface area contributed by atoms with Gasteiger partial charge in [-0.3, -0.25) is 9.78 Å². The van der Waals surface area contributed by atoms with Crippen LogP contribution in [0.3, 0.4) is 0 Å². The topological polar surface area (TPSA) is 53.4 Å². The lowest BCUT2D eigenvalue weighted by Gasteiger charge is -2.17. The third kappa shape index (κ3) is 3.32. The van der Waals surface area contributed by atoms with Crippen molar-refractivity contribution in [1.82, 2.24) is 9.88 Å². The van der Waals surface area contributed by atoms with Crippen LogP contribution < -0.4 is 0 Å². The van der Waals surface area contributed by atoms with Gasteiger partial charge in [0.25, 0.3) is 0 Å². The third-order valence-electron chi connectivity index (χ3n) is 2.36. The first-order chi connectivity index (χ1) is 7.15. The van der Waals surface area contributed by atoms with Crippen LogP contribution in [0.25, 0.3) is 0 Å². The normalized spacial score (nSPS) is 12.2. The Labute approximate surface area is 89.6 Å². The number of hydrogen-bond donors (Lipinski definition) is 1. The van der Waals surface area contributed by atoms with Crippen LogP contribution in [0.2, 0.25) is 0 Å². The summed E-state index contributed by atoms with van der Waals surface area (Å²) in [6.45, 7) is 2.55. The van der Waals surface area contributed by atoms with E-state index in [4.69, 9.17) is 0 Å². The van der Waals surface area contributed by atoms with E-state index in [9.17, 15) is 9.90 Å². The van der Waals surface area contributed by atoms with E-state index in [0.717, 1.165) is 5.56 Å². The minimum atomic E-state index is -0.741. The van der Waals surface area contributed by atoms with Crippen LogP contribution in [0, 0.1) is 0 Å². The summed E-state index contributed by atoms with van der Waals surface area (Å²) < 4.78 is 0. The highest BCUT2D eigenvalue weighted by atomic mass is 16.3. The summed E-state index contributed by atoms with van der Waals surface area (Å²) in [6, 6.07) is 3.42. The maximum Gasteiger partial charge on any atom is 0.225 e. The molecule has 0 aromatic carbocycles. The molecule has 4 nitrogen and oxygen atoms in total. The van der Waals surface area contributed by atoms with E-state index in [0.29, 0.717) is 6.54 Å². The van der Waals surface area contributed by atoms with Gasteiger partial charge >= 0.3 is 0 Å². The van der Waals surface area contributed by atoms with Gasteiger partial charge < -0.3 is 10.0 Å². The van der Waals surface area contributed by atoms with Gasteiger partial charge in [-0.15, -0.1) is 0 Å². The van der Waals surface area contributed by atoms with Crippen LogP contribution >= 0.6 is 0 Å². The maximum atomic E-state index is 11.5. The summed E-state index contributed by atoms with van der Waals surface area (Å²) in [7, 11) is 1.72. The van der Waals surface area contributed by atoms with Gasteiger partial charge in [-0.2, -0.15) is 0 Å². The Morgan fingerprint density at radius 1 is 1.53 bits per heavy atom. The molecule has 0 radical (unpaired) electrons. The molecule has 0 fully saturated rings. The number of hydrogen-bond acceptors (Lipinski definition) is 3. The summed E-state index contributed by atoms with van der Waals surface area (Å²) >= 11 is 0. The van der Waals surface area contributed by atoms with Gasteiger partial charge in [0.15, 0.2) is 0 Å². The van der Waals surface area contributed by atoms with Crippen LogP contribution in [0.15, 0.2) is 24.5 Å². The van der Waals surface area contributed by atoms with Crippen LogP contribution in [-0.4, -0.2) is 34.5 Å². The van der Waals surface area contributed by atoms with Gasteiger partial charge in [0.2, 0.25) is 5.91 Å². The molecule has 0 saturated carbocycles. The number of carbonyl (C=O) groups excluding carboxylic acids is 1. The molecule has 1 aromatic heterocycles. The van der Waals surface area contributed by atoms with E-state index in [1.54, 1.807) is 36.5 Å². The van der Waals surface area contributed by atoms with Crippen molar-refractivity contribution in [3.05, 3.63) is 30.1 Å². The quantitative estimate of drug-likeness (QED) is 0.802. The monoisotopic (exact) mass is 208 g/mol. The van der Waals surface area contributed by atoms with Gasteiger partial charge in [0.05, 0.1) is 12.5 Å². The molecule has 0 bridgehead atoms. The average Bonchev–Trinajstić information content (AvgIpc) is 2.29. The average molecular weight is 208 g/mol. The molecule has 15 heavy (non-hydrogen) atoms. The fourth-order valence-electron chi connectivity index (χ4n) is 1.20. The Kier molecular flexibility index (Phi) is 4.24. The van der Waals surface area contributed by atoms with Gasteiger partial charge in [-0.25, -0.2) is 0 Å². The smallest absolute Gasteiger partial charge is 0.225 e. The second-order valence-electron chi connectivity index (χ2n) is 3.41. The standard InChI is InChI=1S/C11H16N2O2/c1-3-13(2)11(15)8-10(14)9-4-6-12-7-5-9/h4-7,10,14H,3,8H2,1-2H3/t10-/m1/s1. The highest BCUT2D eigenvalue weighted by Gasteiger charge is 2.14. The highest BCUT2D eigenvalue weighted by Crippen LogP contribution is 2.15. The predicted molar refractivity (Wildman–Crippen MR) is 57.1 cm³/mol. The molecule has 1 N–H and O–H groups in total. The summed E-state index contributed by atoms with van der Waals surface area (Å²) in [4.78, 5) is 16.9. The van der Waals surface area contributed by atoms with E-state index in [-0.39, 0.29) is 12.3 Å². The predicted octanol–water partition coefficient (Wildman–Crippen LogP) is 0.983. The molecule has 1 atom stereocenters. The van der Waals surface area contributed by atoms with Crippen molar-refractivity contribution >= 4 is 5.91 Å². The van der Waals surface area contributed by atoms with E-state index in [1.165, 1.54) is 0 Å². The Bertz CT molecular complexity index is 314. The summed E-state index contributed by atoms with van der Waals surface area (Å²) in [5.74, 6) is -0.0539. The Morgan fingerprint density at radius 3 is 2.67 bits per heavy atom. The zero-order chi connectivity index (χ0) is 11.3. The molecule has 1 aromatic rings. The fourth-order valence-corrected chi connectivity index (χ4v) is 1.20. The number of pyridine rings is 1. The lowest BCUT2D eigenvalue weighted by Crippen LogP contribution is -2.27. The molecule has 82 valence electrons. The molecule has 0 aliphatic carbocycles.